The van der Waals surface area contributed by atoms with E-state index in [9.17, 15) is 9.59 Å². The lowest BCUT2D eigenvalue weighted by molar-refractivity contribution is -0.121. The maximum atomic E-state index is 12.8. The molecule has 26 heavy (non-hydrogen) atoms. The van der Waals surface area contributed by atoms with E-state index in [1.165, 1.54) is 23.3 Å². The van der Waals surface area contributed by atoms with Gasteiger partial charge in [0.2, 0.25) is 5.91 Å². The molecule has 1 saturated heterocycles. The Balaban J connectivity index is 0.00000196. The highest BCUT2D eigenvalue weighted by atomic mass is 35.5. The molecule has 3 heterocycles. The zero-order chi connectivity index (χ0) is 17.2. The Hall–Kier alpha value is -1.44. The maximum absolute atomic E-state index is 12.8. The van der Waals surface area contributed by atoms with Crippen molar-refractivity contribution in [3.8, 4) is 0 Å². The summed E-state index contributed by atoms with van der Waals surface area (Å²) in [5.41, 5.74) is 1.21. The van der Waals surface area contributed by atoms with Crippen LogP contribution in [0.5, 0.6) is 0 Å². The van der Waals surface area contributed by atoms with E-state index in [1.54, 1.807) is 22.2 Å². The highest BCUT2D eigenvalue weighted by Gasteiger charge is 2.20. The van der Waals surface area contributed by atoms with Crippen LogP contribution >= 0.6 is 23.7 Å². The fraction of sp³-hybridized carbons (Fsp3) is 0.611. The smallest absolute Gasteiger partial charge is 0.262 e. The molecule has 6 nitrogen and oxygen atoms in total. The molecule has 142 valence electrons. The summed E-state index contributed by atoms with van der Waals surface area (Å²) in [6.45, 7) is 2.09. The third-order valence-corrected chi connectivity index (χ3v) is 6.43. The Morgan fingerprint density at radius 2 is 2.19 bits per heavy atom. The molecule has 4 rings (SSSR count). The van der Waals surface area contributed by atoms with Crippen LogP contribution in [0.2, 0.25) is 0 Å². The molecular formula is C18H25ClN4O2S. The number of nitrogens with zero attached hydrogens (tertiary/aromatic N) is 2. The lowest BCUT2D eigenvalue weighted by Crippen LogP contribution is -2.37. The Labute approximate surface area is 162 Å². The van der Waals surface area contributed by atoms with Gasteiger partial charge < -0.3 is 10.6 Å². The summed E-state index contributed by atoms with van der Waals surface area (Å²) in [5.74, 6) is -0.00644. The third-order valence-electron chi connectivity index (χ3n) is 5.23. The number of carbonyl (C=O) groups is 1. The molecule has 1 aliphatic heterocycles. The van der Waals surface area contributed by atoms with Crippen LogP contribution in [0.25, 0.3) is 10.2 Å². The van der Waals surface area contributed by atoms with E-state index >= 15 is 0 Å². The van der Waals surface area contributed by atoms with Crippen LogP contribution in [-0.4, -0.2) is 34.6 Å². The number of hydrogen-bond acceptors (Lipinski definition) is 5. The maximum Gasteiger partial charge on any atom is 0.262 e. The van der Waals surface area contributed by atoms with E-state index in [1.807, 2.05) is 0 Å². The van der Waals surface area contributed by atoms with Gasteiger partial charge in [0, 0.05) is 30.4 Å². The number of hydrogen-bond donors (Lipinski definition) is 2. The van der Waals surface area contributed by atoms with Crippen molar-refractivity contribution in [2.45, 2.75) is 57.5 Å². The van der Waals surface area contributed by atoms with E-state index in [-0.39, 0.29) is 23.9 Å². The Morgan fingerprint density at radius 1 is 1.35 bits per heavy atom. The molecule has 8 heteroatoms. The number of fused-ring (bicyclic) bond motifs is 3. The largest absolute Gasteiger partial charge is 0.354 e. The van der Waals surface area contributed by atoms with Crippen LogP contribution in [0.4, 0.5) is 0 Å². The van der Waals surface area contributed by atoms with Gasteiger partial charge in [0.25, 0.3) is 5.56 Å². The molecule has 2 aromatic heterocycles. The van der Waals surface area contributed by atoms with Gasteiger partial charge in [0.15, 0.2) is 0 Å². The molecule has 1 fully saturated rings. The highest BCUT2D eigenvalue weighted by Crippen LogP contribution is 2.33. The summed E-state index contributed by atoms with van der Waals surface area (Å²) in [5, 5.41) is 7.11. The van der Waals surface area contributed by atoms with Gasteiger partial charge in [-0.15, -0.1) is 23.7 Å². The molecule has 2 aromatic rings. The molecule has 1 amide bonds. The van der Waals surface area contributed by atoms with Gasteiger partial charge in [-0.3, -0.25) is 14.2 Å². The van der Waals surface area contributed by atoms with E-state index in [0.717, 1.165) is 42.4 Å². The quantitative estimate of drug-likeness (QED) is 0.810. The molecular weight excluding hydrogens is 372 g/mol. The van der Waals surface area contributed by atoms with E-state index < -0.39 is 0 Å². The number of aryl methyl sites for hydroxylation is 3. The molecule has 0 bridgehead atoms. The summed E-state index contributed by atoms with van der Waals surface area (Å²) in [6.07, 6.45) is 8.58. The van der Waals surface area contributed by atoms with Crippen LogP contribution < -0.4 is 16.2 Å². The van der Waals surface area contributed by atoms with Crippen molar-refractivity contribution < 1.29 is 4.79 Å². The molecule has 2 aliphatic rings. The Bertz CT molecular complexity index is 842. The van der Waals surface area contributed by atoms with Crippen molar-refractivity contribution in [2.75, 3.05) is 13.1 Å². The molecule has 1 atom stereocenters. The number of carbonyl (C=O) groups excluding carboxylic acids is 1. The van der Waals surface area contributed by atoms with Crippen molar-refractivity contribution >= 4 is 39.9 Å². The monoisotopic (exact) mass is 396 g/mol. The number of aromatic nitrogens is 2. The first-order chi connectivity index (χ1) is 12.2. The van der Waals surface area contributed by atoms with Crippen LogP contribution in [0.1, 0.15) is 42.5 Å². The van der Waals surface area contributed by atoms with Gasteiger partial charge in [-0.1, -0.05) is 0 Å². The van der Waals surface area contributed by atoms with Crippen LogP contribution in [0.15, 0.2) is 11.1 Å². The molecule has 0 aromatic carbocycles. The van der Waals surface area contributed by atoms with Crippen molar-refractivity contribution in [3.05, 3.63) is 27.1 Å². The fourth-order valence-corrected chi connectivity index (χ4v) is 5.04. The SMILES string of the molecule is Cl.O=C(CCn1cnc2sc3c(c2c1=O)CCCC3)NCC1CCCN1. The minimum absolute atomic E-state index is 0. The molecule has 0 saturated carbocycles. The molecule has 1 aliphatic carbocycles. The van der Waals surface area contributed by atoms with E-state index in [2.05, 4.69) is 15.6 Å². The molecule has 0 radical (unpaired) electrons. The predicted octanol–water partition coefficient (Wildman–Crippen LogP) is 2.02. The minimum atomic E-state index is -0.00644. The standard InChI is InChI=1S/C18H24N4O2S.ClH/c23-15(20-10-12-4-3-8-19-12)7-9-22-11-21-17-16(18(22)24)13-5-1-2-6-14(13)25-17;/h11-12,19H,1-10H2,(H,20,23);1H. The highest BCUT2D eigenvalue weighted by molar-refractivity contribution is 7.18. The number of nitrogens with one attached hydrogen (secondary N) is 2. The zero-order valence-electron chi connectivity index (χ0n) is 14.8. The second-order valence-corrected chi connectivity index (χ2v) is 8.07. The van der Waals surface area contributed by atoms with Gasteiger partial charge in [-0.05, 0) is 50.6 Å². The molecule has 0 spiro atoms. The topological polar surface area (TPSA) is 76.0 Å². The van der Waals surface area contributed by atoms with Gasteiger partial charge >= 0.3 is 0 Å². The summed E-state index contributed by atoms with van der Waals surface area (Å²) in [7, 11) is 0. The number of rotatable bonds is 5. The first kappa shape index (κ1) is 19.3. The lowest BCUT2D eigenvalue weighted by Gasteiger charge is -2.12. The lowest BCUT2D eigenvalue weighted by atomic mass is 9.97. The average molecular weight is 397 g/mol. The van der Waals surface area contributed by atoms with Crippen molar-refractivity contribution in [2.24, 2.45) is 0 Å². The van der Waals surface area contributed by atoms with Crippen LogP contribution in [0, 0.1) is 0 Å². The Kier molecular flexibility index (Phi) is 6.32. The third kappa shape index (κ3) is 3.94. The minimum Gasteiger partial charge on any atom is -0.354 e. The van der Waals surface area contributed by atoms with Gasteiger partial charge in [-0.2, -0.15) is 0 Å². The molecule has 1 unspecified atom stereocenters. The zero-order valence-corrected chi connectivity index (χ0v) is 16.4. The van der Waals surface area contributed by atoms with Crippen molar-refractivity contribution in [1.29, 1.82) is 0 Å². The summed E-state index contributed by atoms with van der Waals surface area (Å²) in [6, 6.07) is 0.391. The average Bonchev–Trinajstić information content (AvgIpc) is 3.26. The fourth-order valence-electron chi connectivity index (χ4n) is 3.82. The van der Waals surface area contributed by atoms with E-state index in [0.29, 0.717) is 25.6 Å². The molecule has 2 N–H and O–H groups in total. The van der Waals surface area contributed by atoms with Crippen molar-refractivity contribution in [3.63, 3.8) is 0 Å². The second kappa shape index (κ2) is 8.50. The summed E-state index contributed by atoms with van der Waals surface area (Å²) >= 11 is 1.66. The van der Waals surface area contributed by atoms with Gasteiger partial charge in [0.1, 0.15) is 4.83 Å². The summed E-state index contributed by atoms with van der Waals surface area (Å²) < 4.78 is 1.59. The Morgan fingerprint density at radius 3 is 3.00 bits per heavy atom. The number of amides is 1. The predicted molar refractivity (Wildman–Crippen MR) is 106 cm³/mol. The van der Waals surface area contributed by atoms with Crippen LogP contribution in [0.3, 0.4) is 0 Å². The van der Waals surface area contributed by atoms with Gasteiger partial charge in [0.05, 0.1) is 11.7 Å². The number of halogens is 1. The van der Waals surface area contributed by atoms with Crippen molar-refractivity contribution in [1.82, 2.24) is 20.2 Å². The van der Waals surface area contributed by atoms with Crippen LogP contribution in [-0.2, 0) is 24.2 Å². The summed E-state index contributed by atoms with van der Waals surface area (Å²) in [4.78, 5) is 31.5. The normalized spacial score (nSPS) is 19.2. The number of thiophene rings is 1. The van der Waals surface area contributed by atoms with Gasteiger partial charge in [-0.25, -0.2) is 4.98 Å². The first-order valence-corrected chi connectivity index (χ1v) is 10.0. The second-order valence-electron chi connectivity index (χ2n) is 6.98. The first-order valence-electron chi connectivity index (χ1n) is 9.22. The van der Waals surface area contributed by atoms with E-state index in [4.69, 9.17) is 0 Å².